The lowest BCUT2D eigenvalue weighted by Gasteiger charge is -2.47. The van der Waals surface area contributed by atoms with Crippen LogP contribution in [0.2, 0.25) is 0 Å². The fraction of sp³-hybridized carbons (Fsp3) is 0.591. The third-order valence-corrected chi connectivity index (χ3v) is 5.64. The van der Waals surface area contributed by atoms with Gasteiger partial charge in [-0.05, 0) is 26.0 Å². The SMILES string of the molecule is COC(=O)[C@@]1(O)OC([C@H](O)[C@H]2COC(C)(C)O2)[C@H](NC(C)=O)C(OC(=S)Oc2ccccc2)C1F. The first-order valence-corrected chi connectivity index (χ1v) is 11.1. The van der Waals surface area contributed by atoms with Crippen LogP contribution in [0.25, 0.3) is 0 Å². The van der Waals surface area contributed by atoms with Crippen LogP contribution in [-0.4, -0.2) is 89.2 Å². The Kier molecular flexibility index (Phi) is 8.29. The normalized spacial score (nSPS) is 32.8. The van der Waals surface area contributed by atoms with Gasteiger partial charge in [0.05, 0.1) is 19.8 Å². The molecule has 0 radical (unpaired) electrons. The molecule has 0 spiro atoms. The van der Waals surface area contributed by atoms with Crippen LogP contribution >= 0.6 is 12.2 Å². The topological polar surface area (TPSA) is 142 Å². The number of nitrogens with one attached hydrogen (secondary N) is 1. The second kappa shape index (κ2) is 10.7. The van der Waals surface area contributed by atoms with E-state index in [4.69, 9.17) is 35.9 Å². The van der Waals surface area contributed by atoms with Gasteiger partial charge in [-0.25, -0.2) is 9.18 Å². The standard InChI is InChI=1S/C22H28FNO10S/c1-11(25)24-14-16(15(26)13-10-30-21(2,3)33-13)34-22(28,19(27)29-4)18(23)17(14)32-20(35)31-12-8-6-5-7-9-12/h5-9,13-18,26,28H,10H2,1-4H3,(H,24,25)/t13-,14+,15-,16?,17?,18?,22+/m1/s1. The fourth-order valence-electron chi connectivity index (χ4n) is 3.87. The Bertz CT molecular complexity index is 934. The third kappa shape index (κ3) is 6.05. The summed E-state index contributed by atoms with van der Waals surface area (Å²) in [6, 6.07) is 6.74. The summed E-state index contributed by atoms with van der Waals surface area (Å²) in [7, 11) is 0.914. The van der Waals surface area contributed by atoms with E-state index in [0.29, 0.717) is 0 Å². The highest BCUT2D eigenvalue weighted by Crippen LogP contribution is 2.37. The molecule has 1 aromatic carbocycles. The first-order chi connectivity index (χ1) is 16.4. The highest BCUT2D eigenvalue weighted by atomic mass is 32.1. The zero-order valence-electron chi connectivity index (χ0n) is 19.5. The number of methoxy groups -OCH3 is 1. The summed E-state index contributed by atoms with van der Waals surface area (Å²) in [6.45, 7) is 4.28. The summed E-state index contributed by atoms with van der Waals surface area (Å²) < 4.78 is 47.5. The highest BCUT2D eigenvalue weighted by Gasteiger charge is 2.64. The maximum atomic E-state index is 15.7. The number of benzene rings is 1. The summed E-state index contributed by atoms with van der Waals surface area (Å²) in [5.74, 6) is -6.12. The Morgan fingerprint density at radius 1 is 1.26 bits per heavy atom. The van der Waals surface area contributed by atoms with E-state index < -0.39 is 65.3 Å². The molecule has 3 N–H and O–H groups in total. The fourth-order valence-corrected chi connectivity index (χ4v) is 4.08. The molecule has 7 atom stereocenters. The molecular weight excluding hydrogens is 489 g/mol. The molecule has 0 saturated carbocycles. The van der Waals surface area contributed by atoms with E-state index in [2.05, 4.69) is 10.1 Å². The number of hydrogen-bond acceptors (Lipinski definition) is 11. The van der Waals surface area contributed by atoms with Gasteiger partial charge < -0.3 is 44.0 Å². The molecular formula is C22H28FNO10S. The van der Waals surface area contributed by atoms with Crippen molar-refractivity contribution in [2.45, 2.75) is 69.0 Å². The molecule has 2 aliphatic rings. The zero-order valence-corrected chi connectivity index (χ0v) is 20.3. The number of ether oxygens (including phenoxy) is 6. The molecule has 0 aromatic heterocycles. The van der Waals surface area contributed by atoms with Crippen molar-refractivity contribution in [2.75, 3.05) is 13.7 Å². The van der Waals surface area contributed by atoms with Crippen molar-refractivity contribution in [1.82, 2.24) is 5.32 Å². The smallest absolute Gasteiger partial charge is 0.369 e. The molecule has 13 heteroatoms. The van der Waals surface area contributed by atoms with E-state index in [9.17, 15) is 19.8 Å². The maximum Gasteiger partial charge on any atom is 0.369 e. The Morgan fingerprint density at radius 3 is 2.46 bits per heavy atom. The van der Waals surface area contributed by atoms with E-state index in [0.717, 1.165) is 14.0 Å². The average molecular weight is 518 g/mol. The number of rotatable bonds is 6. The summed E-state index contributed by atoms with van der Waals surface area (Å²) in [4.78, 5) is 24.3. The molecule has 11 nitrogen and oxygen atoms in total. The van der Waals surface area contributed by atoms with Gasteiger partial charge in [0.1, 0.15) is 24.1 Å². The Hall–Kier alpha value is -2.42. The molecule has 3 rings (SSSR count). The van der Waals surface area contributed by atoms with Gasteiger partial charge in [-0.3, -0.25) is 4.79 Å². The van der Waals surface area contributed by atoms with Gasteiger partial charge in [0.2, 0.25) is 12.1 Å². The van der Waals surface area contributed by atoms with Crippen molar-refractivity contribution < 1.29 is 52.6 Å². The Labute approximate surface area is 206 Å². The quantitative estimate of drug-likeness (QED) is 0.355. The van der Waals surface area contributed by atoms with Crippen molar-refractivity contribution in [3.8, 4) is 5.75 Å². The van der Waals surface area contributed by atoms with Gasteiger partial charge in [-0.1, -0.05) is 18.2 Å². The molecule has 0 bridgehead atoms. The number of aliphatic hydroxyl groups excluding tert-OH is 1. The van der Waals surface area contributed by atoms with Crippen molar-refractivity contribution in [1.29, 1.82) is 0 Å². The van der Waals surface area contributed by atoms with Crippen molar-refractivity contribution in [3.63, 3.8) is 0 Å². The number of alkyl halides is 1. The van der Waals surface area contributed by atoms with E-state index in [1.807, 2.05) is 0 Å². The van der Waals surface area contributed by atoms with Crippen LogP contribution in [-0.2, 0) is 33.3 Å². The van der Waals surface area contributed by atoms with Gasteiger partial charge >= 0.3 is 17.0 Å². The summed E-state index contributed by atoms with van der Waals surface area (Å²) >= 11 is 5.08. The number of hydrogen-bond donors (Lipinski definition) is 3. The van der Waals surface area contributed by atoms with Gasteiger partial charge in [0.15, 0.2) is 11.9 Å². The number of carbonyl (C=O) groups is 2. The molecule has 2 aliphatic heterocycles. The van der Waals surface area contributed by atoms with Crippen molar-refractivity contribution in [3.05, 3.63) is 30.3 Å². The van der Waals surface area contributed by atoms with E-state index >= 15 is 4.39 Å². The molecule has 0 aliphatic carbocycles. The van der Waals surface area contributed by atoms with E-state index in [1.54, 1.807) is 44.2 Å². The minimum Gasteiger partial charge on any atom is -0.465 e. The average Bonchev–Trinajstić information content (AvgIpc) is 3.17. The molecule has 1 aromatic rings. The van der Waals surface area contributed by atoms with Crippen LogP contribution in [0.5, 0.6) is 5.75 Å². The number of thiocarbonyl (C=S) groups is 1. The molecule has 1 amide bonds. The molecule has 194 valence electrons. The number of esters is 1. The highest BCUT2D eigenvalue weighted by molar-refractivity contribution is 7.79. The van der Waals surface area contributed by atoms with Gasteiger partial charge in [-0.15, -0.1) is 0 Å². The molecule has 2 saturated heterocycles. The molecule has 2 heterocycles. The molecule has 2 fully saturated rings. The van der Waals surface area contributed by atoms with Crippen LogP contribution in [0.4, 0.5) is 4.39 Å². The molecule has 3 unspecified atom stereocenters. The summed E-state index contributed by atoms with van der Waals surface area (Å²) in [5, 5.41) is 23.8. The van der Waals surface area contributed by atoms with E-state index in [1.165, 1.54) is 0 Å². The minimum absolute atomic E-state index is 0.0857. The second-order valence-electron chi connectivity index (χ2n) is 8.50. The molecule has 35 heavy (non-hydrogen) atoms. The number of halogens is 1. The Balaban J connectivity index is 1.95. The van der Waals surface area contributed by atoms with Crippen LogP contribution in [0.3, 0.4) is 0 Å². The third-order valence-electron chi connectivity index (χ3n) is 5.46. The van der Waals surface area contributed by atoms with Crippen molar-refractivity contribution >= 4 is 29.3 Å². The summed E-state index contributed by atoms with van der Waals surface area (Å²) in [5.41, 5.74) is 0. The monoisotopic (exact) mass is 517 g/mol. The lowest BCUT2D eigenvalue weighted by molar-refractivity contribution is -0.320. The number of carbonyl (C=O) groups excluding carboxylic acids is 2. The summed E-state index contributed by atoms with van der Waals surface area (Å²) in [6.07, 6.45) is -8.72. The maximum absolute atomic E-state index is 15.7. The largest absolute Gasteiger partial charge is 0.465 e. The number of para-hydroxylation sites is 1. The van der Waals surface area contributed by atoms with Gasteiger partial charge in [0, 0.05) is 19.1 Å². The van der Waals surface area contributed by atoms with Crippen LogP contribution in [0, 0.1) is 0 Å². The van der Waals surface area contributed by atoms with Gasteiger partial charge in [-0.2, -0.15) is 0 Å². The zero-order chi connectivity index (χ0) is 26.0. The lowest BCUT2D eigenvalue weighted by atomic mass is 9.87. The lowest BCUT2D eigenvalue weighted by Crippen LogP contribution is -2.73. The van der Waals surface area contributed by atoms with Crippen molar-refractivity contribution in [2.24, 2.45) is 0 Å². The minimum atomic E-state index is -3.21. The van der Waals surface area contributed by atoms with Gasteiger partial charge in [0.25, 0.3) is 0 Å². The second-order valence-corrected chi connectivity index (χ2v) is 8.84. The first kappa shape index (κ1) is 27.2. The van der Waals surface area contributed by atoms with Crippen LogP contribution < -0.4 is 10.1 Å². The Morgan fingerprint density at radius 2 is 1.91 bits per heavy atom. The van der Waals surface area contributed by atoms with Crippen LogP contribution in [0.1, 0.15) is 20.8 Å². The van der Waals surface area contributed by atoms with E-state index in [-0.39, 0.29) is 12.4 Å². The number of aliphatic hydroxyl groups is 2. The first-order valence-electron chi connectivity index (χ1n) is 10.7. The predicted molar refractivity (Wildman–Crippen MR) is 120 cm³/mol. The number of amides is 1. The van der Waals surface area contributed by atoms with Crippen LogP contribution in [0.15, 0.2) is 30.3 Å². The predicted octanol–water partition coefficient (Wildman–Crippen LogP) is 0.351.